The van der Waals surface area contributed by atoms with Crippen LogP contribution in [0.15, 0.2) is 65.5 Å². The van der Waals surface area contributed by atoms with Crippen LogP contribution in [0, 0.1) is 0 Å². The van der Waals surface area contributed by atoms with Gasteiger partial charge in [0, 0.05) is 21.3 Å². The molecule has 28 heavy (non-hydrogen) atoms. The van der Waals surface area contributed by atoms with Crippen LogP contribution in [0.5, 0.6) is 0 Å². The van der Waals surface area contributed by atoms with Gasteiger partial charge < -0.3 is 5.73 Å². The summed E-state index contributed by atoms with van der Waals surface area (Å²) in [7, 11) is 0. The average Bonchev–Trinajstić information content (AvgIpc) is 3.08. The normalized spacial score (nSPS) is 15.2. The maximum absolute atomic E-state index is 6.23. The lowest BCUT2D eigenvalue weighted by atomic mass is 9.98. The van der Waals surface area contributed by atoms with E-state index in [-0.39, 0.29) is 6.04 Å². The zero-order chi connectivity index (χ0) is 19.3. The van der Waals surface area contributed by atoms with Crippen molar-refractivity contribution in [2.75, 3.05) is 10.6 Å². The first-order valence-electron chi connectivity index (χ1n) is 8.45. The van der Waals surface area contributed by atoms with Gasteiger partial charge in [-0.25, -0.2) is 9.97 Å². The van der Waals surface area contributed by atoms with Crippen LogP contribution in [0.3, 0.4) is 0 Å². The van der Waals surface area contributed by atoms with Gasteiger partial charge in [-0.15, -0.1) is 10.2 Å². The molecule has 1 aliphatic rings. The third-order valence-corrected chi connectivity index (χ3v) is 5.40. The molecular formula is C19H13BrClN7. The number of nitrogens with zero attached hydrogens (tertiary/aromatic N) is 6. The summed E-state index contributed by atoms with van der Waals surface area (Å²) in [5, 5.41) is 9.08. The fourth-order valence-corrected chi connectivity index (χ4v) is 3.92. The van der Waals surface area contributed by atoms with E-state index in [1.807, 2.05) is 58.0 Å². The Bertz CT molecular complexity index is 1180. The Morgan fingerprint density at radius 2 is 1.89 bits per heavy atom. The summed E-state index contributed by atoms with van der Waals surface area (Å²) in [5.74, 6) is 1.59. The molecule has 1 unspecified atom stereocenters. The van der Waals surface area contributed by atoms with E-state index < -0.39 is 0 Å². The van der Waals surface area contributed by atoms with E-state index in [4.69, 9.17) is 17.3 Å². The summed E-state index contributed by atoms with van der Waals surface area (Å²) < 4.78 is 2.88. The third-order valence-electron chi connectivity index (χ3n) is 4.64. The second kappa shape index (κ2) is 6.57. The molecule has 4 aromatic rings. The van der Waals surface area contributed by atoms with E-state index in [9.17, 15) is 0 Å². The van der Waals surface area contributed by atoms with Gasteiger partial charge in [0.2, 0.25) is 11.9 Å². The molecule has 5 rings (SSSR count). The van der Waals surface area contributed by atoms with Gasteiger partial charge in [-0.1, -0.05) is 45.7 Å². The number of nitrogens with two attached hydrogens (primary N) is 1. The van der Waals surface area contributed by atoms with Gasteiger partial charge in [-0.05, 0) is 35.9 Å². The molecule has 0 saturated carbocycles. The van der Waals surface area contributed by atoms with Crippen LogP contribution in [0.4, 0.5) is 23.4 Å². The quantitative estimate of drug-likeness (QED) is 0.423. The fourth-order valence-electron chi connectivity index (χ4n) is 3.47. The summed E-state index contributed by atoms with van der Waals surface area (Å²) in [4.78, 5) is 10.7. The van der Waals surface area contributed by atoms with Gasteiger partial charge in [-0.2, -0.15) is 0 Å². The molecule has 0 radical (unpaired) electrons. The zero-order valence-corrected chi connectivity index (χ0v) is 16.7. The minimum absolute atomic E-state index is 0.246. The second-order valence-electron chi connectivity index (χ2n) is 6.30. The molecule has 0 saturated heterocycles. The molecule has 1 aliphatic heterocycles. The average molecular weight is 455 g/mol. The predicted molar refractivity (Wildman–Crippen MR) is 111 cm³/mol. The van der Waals surface area contributed by atoms with Gasteiger partial charge in [0.1, 0.15) is 12.1 Å². The Kier molecular flexibility index (Phi) is 4.03. The molecule has 2 aromatic heterocycles. The van der Waals surface area contributed by atoms with E-state index in [1.54, 1.807) is 6.20 Å². The molecule has 0 spiro atoms. The van der Waals surface area contributed by atoms with Gasteiger partial charge in [0.25, 0.3) is 0 Å². The Balaban J connectivity index is 1.79. The number of hydrogen-bond donors (Lipinski definition) is 1. The minimum Gasteiger partial charge on any atom is -0.368 e. The maximum atomic E-state index is 6.23. The highest BCUT2D eigenvalue weighted by atomic mass is 79.9. The first kappa shape index (κ1) is 17.2. The fraction of sp³-hybridized carbons (Fsp3) is 0.0526. The highest BCUT2D eigenvalue weighted by Gasteiger charge is 2.36. The van der Waals surface area contributed by atoms with E-state index in [0.29, 0.717) is 22.7 Å². The van der Waals surface area contributed by atoms with E-state index >= 15 is 0 Å². The number of nitrogen functional groups attached to an aromatic ring is 1. The topological polar surface area (TPSA) is 85.8 Å². The maximum Gasteiger partial charge on any atom is 0.239 e. The van der Waals surface area contributed by atoms with Crippen LogP contribution >= 0.6 is 27.5 Å². The van der Waals surface area contributed by atoms with Crippen LogP contribution in [0.1, 0.15) is 17.2 Å². The molecular weight excluding hydrogens is 442 g/mol. The Morgan fingerprint density at radius 3 is 2.68 bits per heavy atom. The zero-order valence-electron chi connectivity index (χ0n) is 14.4. The van der Waals surface area contributed by atoms with Gasteiger partial charge >= 0.3 is 0 Å². The molecule has 138 valence electrons. The Labute approximate surface area is 173 Å². The molecule has 2 N–H and O–H groups in total. The smallest absolute Gasteiger partial charge is 0.239 e. The Morgan fingerprint density at radius 1 is 1.07 bits per heavy atom. The number of rotatable bonds is 2. The number of aromatic nitrogens is 5. The van der Waals surface area contributed by atoms with Crippen molar-refractivity contribution in [2.45, 2.75) is 6.04 Å². The number of fused-ring (bicyclic) bond motifs is 2. The van der Waals surface area contributed by atoms with Crippen molar-refractivity contribution in [3.8, 4) is 0 Å². The van der Waals surface area contributed by atoms with E-state index in [2.05, 4.69) is 36.1 Å². The van der Waals surface area contributed by atoms with Crippen molar-refractivity contribution in [2.24, 2.45) is 0 Å². The molecule has 0 fully saturated rings. The summed E-state index contributed by atoms with van der Waals surface area (Å²) in [5.41, 5.74) is 8.97. The lowest BCUT2D eigenvalue weighted by Crippen LogP contribution is -2.29. The van der Waals surface area contributed by atoms with Gasteiger partial charge in [-0.3, -0.25) is 9.47 Å². The lowest BCUT2D eigenvalue weighted by Gasteiger charge is -2.34. The molecule has 9 heteroatoms. The van der Waals surface area contributed by atoms with Crippen molar-refractivity contribution in [3.63, 3.8) is 0 Å². The van der Waals surface area contributed by atoms with Crippen LogP contribution < -0.4 is 10.6 Å². The highest BCUT2D eigenvalue weighted by Crippen LogP contribution is 2.46. The molecule has 3 heterocycles. The molecule has 0 amide bonds. The summed E-state index contributed by atoms with van der Waals surface area (Å²) in [6.45, 7) is 0. The second-order valence-corrected chi connectivity index (χ2v) is 7.65. The largest absolute Gasteiger partial charge is 0.368 e. The van der Waals surface area contributed by atoms with E-state index in [1.165, 1.54) is 6.33 Å². The van der Waals surface area contributed by atoms with Crippen molar-refractivity contribution >= 4 is 50.9 Å². The van der Waals surface area contributed by atoms with Gasteiger partial charge in [0.15, 0.2) is 0 Å². The van der Waals surface area contributed by atoms with Crippen LogP contribution in [0.2, 0.25) is 5.02 Å². The first-order chi connectivity index (χ1) is 13.6. The van der Waals surface area contributed by atoms with Crippen LogP contribution in [-0.2, 0) is 0 Å². The van der Waals surface area contributed by atoms with Crippen LogP contribution in [-0.4, -0.2) is 24.7 Å². The summed E-state index contributed by atoms with van der Waals surface area (Å²) >= 11 is 9.72. The third kappa shape index (κ3) is 2.64. The van der Waals surface area contributed by atoms with Crippen molar-refractivity contribution < 1.29 is 0 Å². The molecule has 0 aliphatic carbocycles. The van der Waals surface area contributed by atoms with Crippen molar-refractivity contribution in [1.29, 1.82) is 0 Å². The van der Waals surface area contributed by atoms with Crippen molar-refractivity contribution in [3.05, 3.63) is 81.7 Å². The summed E-state index contributed by atoms with van der Waals surface area (Å²) in [6.07, 6.45) is 3.32. The number of halogens is 2. The molecule has 1 atom stereocenters. The SMILES string of the molecule is Nc1nnc2n1C(c1ccc(Br)cc1)c1cncnc1N2c1cccc(Cl)c1. The van der Waals surface area contributed by atoms with Gasteiger partial charge in [0.05, 0.1) is 11.7 Å². The standard InChI is InChI=1S/C19H13BrClN7/c20-12-6-4-11(5-7-12)16-15-9-23-10-24-17(15)27(14-3-1-2-13(21)8-14)19-26-25-18(22)28(16)19/h1-10,16H,(H2,22,25). The van der Waals surface area contributed by atoms with Crippen LogP contribution in [0.25, 0.3) is 0 Å². The number of benzene rings is 2. The molecule has 0 bridgehead atoms. The Hall–Kier alpha value is -2.97. The van der Waals surface area contributed by atoms with Crippen molar-refractivity contribution in [1.82, 2.24) is 24.7 Å². The first-order valence-corrected chi connectivity index (χ1v) is 9.62. The minimum atomic E-state index is -0.246. The lowest BCUT2D eigenvalue weighted by molar-refractivity contribution is 0.656. The molecule has 2 aromatic carbocycles. The predicted octanol–water partition coefficient (Wildman–Crippen LogP) is 4.49. The number of hydrogen-bond acceptors (Lipinski definition) is 6. The number of anilines is 4. The monoisotopic (exact) mass is 453 g/mol. The summed E-state index contributed by atoms with van der Waals surface area (Å²) in [6, 6.07) is 15.3. The van der Waals surface area contributed by atoms with E-state index in [0.717, 1.165) is 21.3 Å². The molecule has 7 nitrogen and oxygen atoms in total. The highest BCUT2D eigenvalue weighted by molar-refractivity contribution is 9.10.